The Morgan fingerprint density at radius 3 is 1.33 bits per heavy atom. The van der Waals surface area contributed by atoms with Gasteiger partial charge in [-0.25, -0.2) is 0 Å². The van der Waals surface area contributed by atoms with Gasteiger partial charge in [0.05, 0.1) is 28.1 Å². The first-order valence-electron chi connectivity index (χ1n) is 20.9. The SMILES string of the molecule is Cc1ccc2c(c1)c1cc3c(cc1n2C1=CCC(N(c2ccccc2)c2ccccc2)C=C1)c1cc(C)ccc1n3-c1ccc(N(c2ccccc2)c2ccccc2)cc1. The van der Waals surface area contributed by atoms with Crippen molar-refractivity contribution in [3.63, 3.8) is 0 Å². The minimum Gasteiger partial charge on any atom is -0.334 e. The van der Waals surface area contributed by atoms with Crippen molar-refractivity contribution in [2.45, 2.75) is 26.3 Å². The Morgan fingerprint density at radius 2 is 0.850 bits per heavy atom. The summed E-state index contributed by atoms with van der Waals surface area (Å²) in [6.07, 6.45) is 8.02. The molecule has 4 heteroatoms. The summed E-state index contributed by atoms with van der Waals surface area (Å²) in [5, 5.41) is 5.03. The highest BCUT2D eigenvalue weighted by molar-refractivity contribution is 6.19. The zero-order chi connectivity index (χ0) is 40.2. The molecule has 0 radical (unpaired) electrons. The van der Waals surface area contributed by atoms with Crippen molar-refractivity contribution < 1.29 is 0 Å². The quantitative estimate of drug-likeness (QED) is 0.153. The topological polar surface area (TPSA) is 16.3 Å². The molecule has 2 aromatic heterocycles. The van der Waals surface area contributed by atoms with E-state index in [1.54, 1.807) is 0 Å². The average Bonchev–Trinajstić information content (AvgIpc) is 3.78. The monoisotopic (exact) mass is 772 g/mol. The van der Waals surface area contributed by atoms with Crippen molar-refractivity contribution in [3.8, 4) is 5.69 Å². The predicted molar refractivity (Wildman–Crippen MR) is 255 cm³/mol. The largest absolute Gasteiger partial charge is 0.334 e. The second-order valence-corrected chi connectivity index (χ2v) is 16.0. The van der Waals surface area contributed by atoms with Gasteiger partial charge in [0, 0.05) is 61.4 Å². The molecule has 0 bridgehead atoms. The van der Waals surface area contributed by atoms with Crippen LogP contribution in [-0.4, -0.2) is 15.2 Å². The van der Waals surface area contributed by atoms with Gasteiger partial charge in [-0.2, -0.15) is 0 Å². The van der Waals surface area contributed by atoms with Gasteiger partial charge in [-0.05, 0) is 136 Å². The molecular weight excluding hydrogens is 729 g/mol. The van der Waals surface area contributed by atoms with Gasteiger partial charge in [-0.15, -0.1) is 0 Å². The van der Waals surface area contributed by atoms with E-state index in [0.717, 1.165) is 29.2 Å². The van der Waals surface area contributed by atoms with Gasteiger partial charge in [0.2, 0.25) is 0 Å². The highest BCUT2D eigenvalue weighted by Crippen LogP contribution is 2.42. The summed E-state index contributed by atoms with van der Waals surface area (Å²) in [5.41, 5.74) is 15.4. The number of anilines is 5. The maximum atomic E-state index is 2.49. The number of hydrogen-bond acceptors (Lipinski definition) is 2. The fourth-order valence-electron chi connectivity index (χ4n) is 9.33. The average molecular weight is 773 g/mol. The first-order chi connectivity index (χ1) is 29.6. The van der Waals surface area contributed by atoms with Crippen LogP contribution in [0.15, 0.2) is 212 Å². The maximum Gasteiger partial charge on any atom is 0.0561 e. The van der Waals surface area contributed by atoms with Gasteiger partial charge >= 0.3 is 0 Å². The lowest BCUT2D eigenvalue weighted by atomic mass is 10.0. The predicted octanol–water partition coefficient (Wildman–Crippen LogP) is 15.0. The number of benzene rings is 8. The molecule has 0 amide bonds. The molecule has 11 rings (SSSR count). The van der Waals surface area contributed by atoms with E-state index in [-0.39, 0.29) is 6.04 Å². The smallest absolute Gasteiger partial charge is 0.0561 e. The zero-order valence-corrected chi connectivity index (χ0v) is 33.8. The fourth-order valence-corrected chi connectivity index (χ4v) is 9.33. The van der Waals surface area contributed by atoms with Crippen LogP contribution in [0.25, 0.3) is 55.0 Å². The van der Waals surface area contributed by atoms with Crippen molar-refractivity contribution in [2.75, 3.05) is 9.80 Å². The van der Waals surface area contributed by atoms with Crippen LogP contribution in [0.5, 0.6) is 0 Å². The fraction of sp³-hybridized carbons (Fsp3) is 0.0714. The second-order valence-electron chi connectivity index (χ2n) is 16.0. The maximum absolute atomic E-state index is 2.49. The van der Waals surface area contributed by atoms with Crippen LogP contribution in [0.3, 0.4) is 0 Å². The van der Waals surface area contributed by atoms with E-state index in [9.17, 15) is 0 Å². The molecule has 288 valence electrons. The van der Waals surface area contributed by atoms with Crippen LogP contribution in [0, 0.1) is 13.8 Å². The third kappa shape index (κ3) is 6.08. The molecule has 0 saturated heterocycles. The van der Waals surface area contributed by atoms with Gasteiger partial charge in [0.25, 0.3) is 0 Å². The number of fused-ring (bicyclic) bond motifs is 6. The van der Waals surface area contributed by atoms with E-state index in [1.807, 2.05) is 0 Å². The van der Waals surface area contributed by atoms with E-state index < -0.39 is 0 Å². The summed E-state index contributed by atoms with van der Waals surface area (Å²) in [4.78, 5) is 4.77. The van der Waals surface area contributed by atoms with E-state index in [2.05, 4.69) is 245 Å². The molecule has 1 atom stereocenters. The van der Waals surface area contributed by atoms with E-state index >= 15 is 0 Å². The summed E-state index contributed by atoms with van der Waals surface area (Å²) < 4.78 is 4.94. The molecule has 10 aromatic rings. The number of rotatable bonds is 8. The molecule has 0 N–H and O–H groups in total. The molecular formula is C56H44N4. The number of hydrogen-bond donors (Lipinski definition) is 0. The summed E-state index contributed by atoms with van der Waals surface area (Å²) >= 11 is 0. The first-order valence-corrected chi connectivity index (χ1v) is 20.9. The van der Waals surface area contributed by atoms with Gasteiger partial charge < -0.3 is 18.9 Å². The minimum absolute atomic E-state index is 0.181. The number of aryl methyl sites for hydroxylation is 2. The van der Waals surface area contributed by atoms with Gasteiger partial charge in [0.1, 0.15) is 0 Å². The Hall–Kier alpha value is -7.56. The van der Waals surface area contributed by atoms with Crippen molar-refractivity contribution in [1.29, 1.82) is 0 Å². The van der Waals surface area contributed by atoms with Crippen molar-refractivity contribution >= 4 is 77.7 Å². The lowest BCUT2D eigenvalue weighted by molar-refractivity contribution is 0.783. The standard InChI is InChI=1S/C56H44N4/c1-39-23-33-53-49(35-39)51-37-56-52(38-55(51)59(53)47-29-25-45(26-30-47)57(41-15-7-3-8-16-41)42-17-9-4-10-18-42)50-36-40(2)24-34-54(50)60(56)48-31-27-46(28-32-48)58(43-19-11-5-12-20-43)44-21-13-6-14-22-44/h3-27,29-38,46H,28H2,1-2H3. The summed E-state index contributed by atoms with van der Waals surface area (Å²) in [7, 11) is 0. The van der Waals surface area contributed by atoms with Gasteiger partial charge in [-0.1, -0.05) is 108 Å². The lowest BCUT2D eigenvalue weighted by Crippen LogP contribution is -2.30. The highest BCUT2D eigenvalue weighted by atomic mass is 15.2. The Bertz CT molecular complexity index is 3150. The molecule has 1 unspecified atom stereocenters. The highest BCUT2D eigenvalue weighted by Gasteiger charge is 2.24. The molecule has 0 fully saturated rings. The van der Waals surface area contributed by atoms with Crippen LogP contribution >= 0.6 is 0 Å². The van der Waals surface area contributed by atoms with Crippen LogP contribution in [-0.2, 0) is 0 Å². The zero-order valence-electron chi connectivity index (χ0n) is 33.8. The Kier molecular flexibility index (Phi) is 8.70. The minimum atomic E-state index is 0.181. The van der Waals surface area contributed by atoms with Crippen molar-refractivity contribution in [3.05, 3.63) is 223 Å². The van der Waals surface area contributed by atoms with Gasteiger partial charge in [0.15, 0.2) is 0 Å². The number of aromatic nitrogens is 2. The third-order valence-electron chi connectivity index (χ3n) is 12.1. The summed E-state index contributed by atoms with van der Waals surface area (Å²) in [6.45, 7) is 4.39. The normalized spacial score (nSPS) is 14.0. The summed E-state index contributed by atoms with van der Waals surface area (Å²) in [6, 6.07) is 70.6. The molecule has 1 aliphatic rings. The van der Waals surface area contributed by atoms with Crippen LogP contribution in [0.1, 0.15) is 17.5 Å². The Labute approximate surface area is 350 Å². The van der Waals surface area contributed by atoms with E-state index in [0.29, 0.717) is 0 Å². The van der Waals surface area contributed by atoms with Crippen LogP contribution in [0.2, 0.25) is 0 Å². The van der Waals surface area contributed by atoms with Crippen LogP contribution < -0.4 is 9.80 Å². The molecule has 2 heterocycles. The third-order valence-corrected chi connectivity index (χ3v) is 12.1. The molecule has 1 aliphatic carbocycles. The second kappa shape index (κ2) is 14.7. The van der Waals surface area contributed by atoms with Gasteiger partial charge in [-0.3, -0.25) is 0 Å². The molecule has 4 nitrogen and oxygen atoms in total. The molecule has 0 spiro atoms. The Morgan fingerprint density at radius 1 is 0.417 bits per heavy atom. The molecule has 60 heavy (non-hydrogen) atoms. The number of para-hydroxylation sites is 4. The van der Waals surface area contributed by atoms with E-state index in [1.165, 1.54) is 71.8 Å². The number of nitrogens with zero attached hydrogens (tertiary/aromatic N) is 4. The van der Waals surface area contributed by atoms with Crippen molar-refractivity contribution in [1.82, 2.24) is 9.13 Å². The Balaban J connectivity index is 1.05. The molecule has 0 aliphatic heterocycles. The summed E-state index contributed by atoms with van der Waals surface area (Å²) in [5.74, 6) is 0. The number of allylic oxidation sites excluding steroid dienone is 2. The lowest BCUT2D eigenvalue weighted by Gasteiger charge is -2.33. The molecule has 8 aromatic carbocycles. The first kappa shape index (κ1) is 35.6. The van der Waals surface area contributed by atoms with E-state index in [4.69, 9.17) is 0 Å². The van der Waals surface area contributed by atoms with Crippen molar-refractivity contribution in [2.24, 2.45) is 0 Å². The van der Waals surface area contributed by atoms with Crippen LogP contribution in [0.4, 0.5) is 28.4 Å². The molecule has 0 saturated carbocycles.